The van der Waals surface area contributed by atoms with Crippen LogP contribution in [0.3, 0.4) is 0 Å². The van der Waals surface area contributed by atoms with E-state index in [0.29, 0.717) is 11.5 Å². The van der Waals surface area contributed by atoms with Crippen molar-refractivity contribution in [2.75, 3.05) is 0 Å². The quantitative estimate of drug-likeness (QED) is 0.746. The van der Waals surface area contributed by atoms with Crippen LogP contribution in [0.4, 0.5) is 0 Å². The molecule has 4 saturated carbocycles. The molecule has 100 valence electrons. The zero-order valence-corrected chi connectivity index (χ0v) is 11.5. The second kappa shape index (κ2) is 4.10. The van der Waals surface area contributed by atoms with Crippen LogP contribution in [0, 0.1) is 23.2 Å². The van der Waals surface area contributed by atoms with E-state index in [1.165, 1.54) is 44.9 Å². The van der Waals surface area contributed by atoms with Crippen molar-refractivity contribution >= 4 is 0 Å². The lowest BCUT2D eigenvalue weighted by atomic mass is 9.48. The van der Waals surface area contributed by atoms with Gasteiger partial charge in [-0.25, -0.2) is 0 Å². The van der Waals surface area contributed by atoms with E-state index in [1.807, 2.05) is 0 Å². The number of hydrogen-bond acceptors (Lipinski definition) is 1. The van der Waals surface area contributed by atoms with Crippen LogP contribution in [0.5, 0.6) is 0 Å². The summed E-state index contributed by atoms with van der Waals surface area (Å²) in [4.78, 5) is 0. The van der Waals surface area contributed by atoms with Gasteiger partial charge >= 0.3 is 0 Å². The number of nitrogens with two attached hydrogens (primary N) is 1. The molecule has 2 N–H and O–H groups in total. The predicted octanol–water partition coefficient (Wildman–Crippen LogP) is 4.03. The average molecular weight is 245 g/mol. The molecule has 4 bridgehead atoms. The van der Waals surface area contributed by atoms with Crippen molar-refractivity contribution < 1.29 is 0 Å². The minimum atomic E-state index is 0.392. The van der Waals surface area contributed by atoms with E-state index in [9.17, 15) is 0 Å². The molecule has 0 aliphatic heterocycles. The molecule has 1 nitrogen and oxygen atoms in total. The van der Waals surface area contributed by atoms with Gasteiger partial charge in [0, 0.05) is 6.04 Å². The first kappa shape index (κ1) is 11.5. The van der Waals surface area contributed by atoms with Gasteiger partial charge in [-0.05, 0) is 87.4 Å². The molecule has 0 aromatic heterocycles. The van der Waals surface area contributed by atoms with Gasteiger partial charge in [0.15, 0.2) is 0 Å². The molecule has 0 saturated heterocycles. The number of hydrogen-bond donors (Lipinski definition) is 1. The van der Waals surface area contributed by atoms with Crippen molar-refractivity contribution in [3.05, 3.63) is 11.6 Å². The Hall–Kier alpha value is -0.300. The smallest absolute Gasteiger partial charge is 0.0258 e. The van der Waals surface area contributed by atoms with Crippen LogP contribution in [0.1, 0.15) is 64.2 Å². The Morgan fingerprint density at radius 3 is 2.22 bits per heavy atom. The molecule has 5 aliphatic carbocycles. The summed E-state index contributed by atoms with van der Waals surface area (Å²) in [7, 11) is 0. The maximum absolute atomic E-state index is 6.53. The number of allylic oxidation sites excluding steroid dienone is 1. The molecule has 0 spiro atoms. The molecule has 1 atom stereocenters. The lowest BCUT2D eigenvalue weighted by molar-refractivity contribution is -0.0589. The van der Waals surface area contributed by atoms with Crippen LogP contribution in [-0.2, 0) is 0 Å². The molecular weight excluding hydrogens is 218 g/mol. The lowest BCUT2D eigenvalue weighted by Crippen LogP contribution is -2.48. The summed E-state index contributed by atoms with van der Waals surface area (Å²) >= 11 is 0. The van der Waals surface area contributed by atoms with E-state index in [2.05, 4.69) is 6.08 Å². The average Bonchev–Trinajstić information content (AvgIpc) is 2.79. The van der Waals surface area contributed by atoms with Crippen molar-refractivity contribution in [2.45, 2.75) is 70.3 Å². The van der Waals surface area contributed by atoms with E-state index in [-0.39, 0.29) is 0 Å². The first-order valence-corrected chi connectivity index (χ1v) is 8.17. The monoisotopic (exact) mass is 245 g/mol. The third-order valence-corrected chi connectivity index (χ3v) is 6.37. The minimum absolute atomic E-state index is 0.392. The fraction of sp³-hybridized carbons (Fsp3) is 0.882. The maximum atomic E-state index is 6.53. The molecule has 0 radical (unpaired) electrons. The summed E-state index contributed by atoms with van der Waals surface area (Å²) in [5.41, 5.74) is 8.79. The largest absolute Gasteiger partial charge is 0.324 e. The van der Waals surface area contributed by atoms with Gasteiger partial charge in [-0.3, -0.25) is 0 Å². The fourth-order valence-electron chi connectivity index (χ4n) is 6.17. The van der Waals surface area contributed by atoms with Gasteiger partial charge in [0.25, 0.3) is 0 Å². The van der Waals surface area contributed by atoms with E-state index in [4.69, 9.17) is 5.73 Å². The standard InChI is InChI=1S/C17H27N/c18-16(15-3-1-2-4-15)11-17-8-12-5-13(9-17)7-14(6-12)10-17/h3,12-14,16H,1-2,4-11,18H2. The lowest BCUT2D eigenvalue weighted by Gasteiger charge is -2.57. The molecule has 4 fully saturated rings. The second-order valence-corrected chi connectivity index (χ2v) is 7.90. The highest BCUT2D eigenvalue weighted by Crippen LogP contribution is 2.61. The molecule has 5 rings (SSSR count). The van der Waals surface area contributed by atoms with Crippen LogP contribution >= 0.6 is 0 Å². The third kappa shape index (κ3) is 1.86. The van der Waals surface area contributed by atoms with Gasteiger partial charge < -0.3 is 5.73 Å². The predicted molar refractivity (Wildman–Crippen MR) is 75.1 cm³/mol. The normalized spacial score (nSPS) is 47.4. The second-order valence-electron chi connectivity index (χ2n) is 7.90. The molecule has 1 heteroatoms. The van der Waals surface area contributed by atoms with E-state index in [1.54, 1.807) is 24.8 Å². The Labute approximate surface area is 111 Å². The molecule has 5 aliphatic rings. The maximum Gasteiger partial charge on any atom is 0.0258 e. The van der Waals surface area contributed by atoms with Crippen LogP contribution in [-0.4, -0.2) is 6.04 Å². The van der Waals surface area contributed by atoms with Crippen molar-refractivity contribution in [3.8, 4) is 0 Å². The van der Waals surface area contributed by atoms with E-state index in [0.717, 1.165) is 17.8 Å². The Morgan fingerprint density at radius 1 is 1.11 bits per heavy atom. The van der Waals surface area contributed by atoms with Crippen LogP contribution in [0.2, 0.25) is 0 Å². The summed E-state index contributed by atoms with van der Waals surface area (Å²) in [6.45, 7) is 0. The van der Waals surface area contributed by atoms with Gasteiger partial charge in [0.1, 0.15) is 0 Å². The van der Waals surface area contributed by atoms with Gasteiger partial charge in [0.05, 0.1) is 0 Å². The van der Waals surface area contributed by atoms with Gasteiger partial charge in [-0.2, -0.15) is 0 Å². The molecule has 0 aromatic carbocycles. The molecule has 0 aromatic rings. The van der Waals surface area contributed by atoms with Gasteiger partial charge in [0.2, 0.25) is 0 Å². The Kier molecular flexibility index (Phi) is 2.62. The highest BCUT2D eigenvalue weighted by atomic mass is 14.7. The SMILES string of the molecule is NC(CC12CC3CC(CC(C3)C1)C2)C1=CCCC1. The fourth-order valence-corrected chi connectivity index (χ4v) is 6.17. The van der Waals surface area contributed by atoms with Crippen molar-refractivity contribution in [2.24, 2.45) is 28.9 Å². The molecular formula is C17H27N. The van der Waals surface area contributed by atoms with E-state index < -0.39 is 0 Å². The highest BCUT2D eigenvalue weighted by Gasteiger charge is 2.51. The van der Waals surface area contributed by atoms with Crippen LogP contribution in [0.15, 0.2) is 11.6 Å². The van der Waals surface area contributed by atoms with Crippen molar-refractivity contribution in [1.29, 1.82) is 0 Å². The Balaban J connectivity index is 1.50. The summed E-state index contributed by atoms with van der Waals surface area (Å²) in [5, 5.41) is 0. The van der Waals surface area contributed by atoms with Crippen LogP contribution in [0.25, 0.3) is 0 Å². The zero-order chi connectivity index (χ0) is 12.2. The Bertz CT molecular complexity index is 333. The first-order chi connectivity index (χ1) is 8.72. The molecule has 0 amide bonds. The molecule has 18 heavy (non-hydrogen) atoms. The third-order valence-electron chi connectivity index (χ3n) is 6.37. The highest BCUT2D eigenvalue weighted by molar-refractivity contribution is 5.16. The summed E-state index contributed by atoms with van der Waals surface area (Å²) in [5.74, 6) is 3.21. The zero-order valence-electron chi connectivity index (χ0n) is 11.5. The van der Waals surface area contributed by atoms with Gasteiger partial charge in [-0.1, -0.05) is 11.6 Å². The summed E-state index contributed by atoms with van der Waals surface area (Å²) in [6.07, 6.45) is 16.9. The minimum Gasteiger partial charge on any atom is -0.324 e. The first-order valence-electron chi connectivity index (χ1n) is 8.17. The summed E-state index contributed by atoms with van der Waals surface area (Å²) in [6, 6.07) is 0.392. The molecule has 0 heterocycles. The van der Waals surface area contributed by atoms with E-state index >= 15 is 0 Å². The Morgan fingerprint density at radius 2 is 1.72 bits per heavy atom. The van der Waals surface area contributed by atoms with Gasteiger partial charge in [-0.15, -0.1) is 0 Å². The van der Waals surface area contributed by atoms with Crippen molar-refractivity contribution in [1.82, 2.24) is 0 Å². The van der Waals surface area contributed by atoms with Crippen LogP contribution < -0.4 is 5.73 Å². The topological polar surface area (TPSA) is 26.0 Å². The van der Waals surface area contributed by atoms with Crippen molar-refractivity contribution in [3.63, 3.8) is 0 Å². The molecule has 1 unspecified atom stereocenters. The number of rotatable bonds is 3. The summed E-state index contributed by atoms with van der Waals surface area (Å²) < 4.78 is 0.